The molecule has 0 aromatic rings. The summed E-state index contributed by atoms with van der Waals surface area (Å²) in [5, 5.41) is 0.810. The Morgan fingerprint density at radius 2 is 2.00 bits per heavy atom. The zero-order valence-electron chi connectivity index (χ0n) is 6.61. The van der Waals surface area contributed by atoms with Crippen LogP contribution in [0.1, 0.15) is 13.8 Å². The summed E-state index contributed by atoms with van der Waals surface area (Å²) in [5.74, 6) is 0.0504. The topological polar surface area (TPSA) is 54.4 Å². The first kappa shape index (κ1) is 10.4. The SMILES string of the molecule is C=CC(=CS(=O)(=O)O)C(C)C. The van der Waals surface area contributed by atoms with Crippen LogP contribution in [0.15, 0.2) is 23.6 Å². The Kier molecular flexibility index (Phi) is 3.48. The van der Waals surface area contributed by atoms with Gasteiger partial charge < -0.3 is 0 Å². The first-order chi connectivity index (χ1) is 4.87. The second kappa shape index (κ2) is 3.69. The Hall–Kier alpha value is -0.610. The average Bonchev–Trinajstić information content (AvgIpc) is 1.80. The normalized spacial score (nSPS) is 13.6. The van der Waals surface area contributed by atoms with E-state index in [-0.39, 0.29) is 5.92 Å². The maximum absolute atomic E-state index is 10.3. The largest absolute Gasteiger partial charge is 0.287 e. The lowest BCUT2D eigenvalue weighted by molar-refractivity contribution is 0.493. The van der Waals surface area contributed by atoms with E-state index in [1.54, 1.807) is 0 Å². The summed E-state index contributed by atoms with van der Waals surface area (Å²) in [6, 6.07) is 0. The molecule has 0 aromatic carbocycles. The summed E-state index contributed by atoms with van der Waals surface area (Å²) in [7, 11) is -4.01. The van der Waals surface area contributed by atoms with E-state index in [9.17, 15) is 8.42 Å². The van der Waals surface area contributed by atoms with Crippen molar-refractivity contribution >= 4 is 10.1 Å². The Morgan fingerprint density at radius 3 is 2.09 bits per heavy atom. The molecule has 0 aliphatic heterocycles. The van der Waals surface area contributed by atoms with Crippen molar-refractivity contribution in [1.82, 2.24) is 0 Å². The second-order valence-electron chi connectivity index (χ2n) is 2.49. The van der Waals surface area contributed by atoms with Gasteiger partial charge in [-0.1, -0.05) is 26.5 Å². The third-order valence-corrected chi connectivity index (χ3v) is 1.76. The van der Waals surface area contributed by atoms with E-state index in [1.165, 1.54) is 6.08 Å². The van der Waals surface area contributed by atoms with E-state index in [0.717, 1.165) is 5.41 Å². The van der Waals surface area contributed by atoms with Gasteiger partial charge in [-0.05, 0) is 11.5 Å². The van der Waals surface area contributed by atoms with Crippen molar-refractivity contribution in [3.63, 3.8) is 0 Å². The van der Waals surface area contributed by atoms with Crippen LogP contribution in [0, 0.1) is 5.92 Å². The van der Waals surface area contributed by atoms with E-state index in [0.29, 0.717) is 5.57 Å². The third kappa shape index (κ3) is 4.75. The molecule has 0 atom stereocenters. The van der Waals surface area contributed by atoms with Crippen LogP contribution in [0.25, 0.3) is 0 Å². The van der Waals surface area contributed by atoms with Crippen molar-refractivity contribution in [2.75, 3.05) is 0 Å². The van der Waals surface area contributed by atoms with Gasteiger partial charge in [0.1, 0.15) is 0 Å². The van der Waals surface area contributed by atoms with Crippen molar-refractivity contribution in [3.05, 3.63) is 23.6 Å². The molecule has 11 heavy (non-hydrogen) atoms. The molecule has 0 aromatic heterocycles. The summed E-state index contributed by atoms with van der Waals surface area (Å²) >= 11 is 0. The van der Waals surface area contributed by atoms with Crippen molar-refractivity contribution in [3.8, 4) is 0 Å². The lowest BCUT2D eigenvalue weighted by Crippen LogP contribution is -1.97. The molecule has 0 saturated carbocycles. The van der Waals surface area contributed by atoms with Crippen molar-refractivity contribution in [1.29, 1.82) is 0 Å². The highest BCUT2D eigenvalue weighted by molar-refractivity contribution is 7.88. The van der Waals surface area contributed by atoms with Crippen LogP contribution in [-0.4, -0.2) is 13.0 Å². The van der Waals surface area contributed by atoms with Gasteiger partial charge in [0.25, 0.3) is 10.1 Å². The summed E-state index contributed by atoms with van der Waals surface area (Å²) in [4.78, 5) is 0. The molecule has 3 nitrogen and oxygen atoms in total. The zero-order valence-corrected chi connectivity index (χ0v) is 7.43. The number of hydrogen-bond acceptors (Lipinski definition) is 2. The molecule has 0 aliphatic carbocycles. The summed E-state index contributed by atoms with van der Waals surface area (Å²) < 4.78 is 29.1. The van der Waals surface area contributed by atoms with Crippen LogP contribution in [0.3, 0.4) is 0 Å². The molecule has 0 rings (SSSR count). The summed E-state index contributed by atoms with van der Waals surface area (Å²) in [6.45, 7) is 7.06. The summed E-state index contributed by atoms with van der Waals surface area (Å²) in [5.41, 5.74) is 0.507. The number of rotatable bonds is 3. The van der Waals surface area contributed by atoms with E-state index in [2.05, 4.69) is 6.58 Å². The molecule has 0 saturated heterocycles. The van der Waals surface area contributed by atoms with Crippen molar-refractivity contribution < 1.29 is 13.0 Å². The third-order valence-electron chi connectivity index (χ3n) is 1.19. The van der Waals surface area contributed by atoms with Crippen LogP contribution >= 0.6 is 0 Å². The molecule has 0 amide bonds. The fraction of sp³-hybridized carbons (Fsp3) is 0.429. The molecule has 0 heterocycles. The molecular weight excluding hydrogens is 164 g/mol. The van der Waals surface area contributed by atoms with Gasteiger partial charge in [-0.3, -0.25) is 4.55 Å². The number of hydrogen-bond donors (Lipinski definition) is 1. The molecule has 0 unspecified atom stereocenters. The highest BCUT2D eigenvalue weighted by Gasteiger charge is 2.04. The van der Waals surface area contributed by atoms with Gasteiger partial charge in [0.05, 0.1) is 5.41 Å². The van der Waals surface area contributed by atoms with Gasteiger partial charge in [0.2, 0.25) is 0 Å². The molecule has 0 radical (unpaired) electrons. The first-order valence-electron chi connectivity index (χ1n) is 3.18. The first-order valence-corrected chi connectivity index (χ1v) is 4.68. The maximum Gasteiger partial charge on any atom is 0.287 e. The molecule has 0 bridgehead atoms. The van der Waals surface area contributed by atoms with E-state index in [4.69, 9.17) is 4.55 Å². The van der Waals surface area contributed by atoms with Crippen LogP contribution in [-0.2, 0) is 10.1 Å². The van der Waals surface area contributed by atoms with Gasteiger partial charge >= 0.3 is 0 Å². The lowest BCUT2D eigenvalue weighted by Gasteiger charge is -2.03. The molecule has 4 heteroatoms. The molecule has 0 spiro atoms. The van der Waals surface area contributed by atoms with Gasteiger partial charge in [0, 0.05) is 0 Å². The van der Waals surface area contributed by atoms with Crippen LogP contribution in [0.5, 0.6) is 0 Å². The van der Waals surface area contributed by atoms with Gasteiger partial charge in [-0.15, -0.1) is 0 Å². The van der Waals surface area contributed by atoms with Gasteiger partial charge in [-0.2, -0.15) is 8.42 Å². The average molecular weight is 176 g/mol. The minimum absolute atomic E-state index is 0.0504. The maximum atomic E-state index is 10.3. The van der Waals surface area contributed by atoms with Gasteiger partial charge in [0.15, 0.2) is 0 Å². The standard InChI is InChI=1S/C7H12O3S/c1-4-7(6(2)3)5-11(8,9)10/h4-6H,1H2,2-3H3,(H,8,9,10). The molecule has 64 valence electrons. The molecule has 0 aliphatic rings. The predicted molar refractivity (Wildman–Crippen MR) is 44.7 cm³/mol. The van der Waals surface area contributed by atoms with Crippen molar-refractivity contribution in [2.45, 2.75) is 13.8 Å². The molecular formula is C7H12O3S. The number of allylic oxidation sites excluding steroid dienone is 2. The van der Waals surface area contributed by atoms with Crippen LogP contribution in [0.2, 0.25) is 0 Å². The van der Waals surface area contributed by atoms with Crippen LogP contribution in [0.4, 0.5) is 0 Å². The monoisotopic (exact) mass is 176 g/mol. The van der Waals surface area contributed by atoms with E-state index >= 15 is 0 Å². The van der Waals surface area contributed by atoms with Gasteiger partial charge in [-0.25, -0.2) is 0 Å². The fourth-order valence-corrected chi connectivity index (χ4v) is 1.30. The van der Waals surface area contributed by atoms with Crippen molar-refractivity contribution in [2.24, 2.45) is 5.92 Å². The minimum Gasteiger partial charge on any atom is -0.282 e. The second-order valence-corrected chi connectivity index (χ2v) is 3.76. The molecule has 1 N–H and O–H groups in total. The highest BCUT2D eigenvalue weighted by Crippen LogP contribution is 2.11. The fourth-order valence-electron chi connectivity index (χ4n) is 0.592. The zero-order chi connectivity index (χ0) is 9.07. The van der Waals surface area contributed by atoms with E-state index in [1.807, 2.05) is 13.8 Å². The van der Waals surface area contributed by atoms with Crippen LogP contribution < -0.4 is 0 Å². The highest BCUT2D eigenvalue weighted by atomic mass is 32.2. The Labute approximate surface area is 67.2 Å². The Bertz CT molecular complexity index is 259. The Balaban J connectivity index is 4.78. The van der Waals surface area contributed by atoms with E-state index < -0.39 is 10.1 Å². The smallest absolute Gasteiger partial charge is 0.282 e. The summed E-state index contributed by atoms with van der Waals surface area (Å²) in [6.07, 6.45) is 1.42. The Morgan fingerprint density at radius 1 is 1.55 bits per heavy atom. The lowest BCUT2D eigenvalue weighted by atomic mass is 10.1. The molecule has 0 fully saturated rings. The predicted octanol–water partition coefficient (Wildman–Crippen LogP) is 1.60. The quantitative estimate of drug-likeness (QED) is 0.525. The minimum atomic E-state index is -4.01.